The van der Waals surface area contributed by atoms with Crippen LogP contribution in [0.25, 0.3) is 0 Å². The van der Waals surface area contributed by atoms with E-state index in [9.17, 15) is 4.79 Å². The van der Waals surface area contributed by atoms with Crippen molar-refractivity contribution < 1.29 is 4.79 Å². The molecule has 1 aromatic carbocycles. The maximum absolute atomic E-state index is 12.1. The summed E-state index contributed by atoms with van der Waals surface area (Å²) >= 11 is 1.58. The smallest absolute Gasteiger partial charge is 0.275 e. The standard InChI is InChI=1S/C14H16N4OS/c1-3-15-13-9-16-11(8-17-13)14(19)18-10-6-4-5-7-12(10)20-2/h4-9H,3H2,1-2H3,(H,15,17)(H,18,19). The lowest BCUT2D eigenvalue weighted by atomic mass is 10.3. The molecule has 6 heteroatoms. The highest BCUT2D eigenvalue weighted by Gasteiger charge is 2.10. The average Bonchev–Trinajstić information content (AvgIpc) is 2.49. The van der Waals surface area contributed by atoms with Gasteiger partial charge in [-0.25, -0.2) is 9.97 Å². The number of amides is 1. The van der Waals surface area contributed by atoms with Gasteiger partial charge in [0.05, 0.1) is 18.1 Å². The number of aromatic nitrogens is 2. The first kappa shape index (κ1) is 14.3. The van der Waals surface area contributed by atoms with Gasteiger partial charge >= 0.3 is 0 Å². The number of rotatable bonds is 5. The third-order valence-electron chi connectivity index (χ3n) is 2.60. The lowest BCUT2D eigenvalue weighted by Gasteiger charge is -2.09. The SMILES string of the molecule is CCNc1cnc(C(=O)Nc2ccccc2SC)cn1. The van der Waals surface area contributed by atoms with Gasteiger partial charge in [-0.15, -0.1) is 11.8 Å². The van der Waals surface area contributed by atoms with Crippen molar-refractivity contribution in [2.75, 3.05) is 23.4 Å². The van der Waals surface area contributed by atoms with Crippen molar-refractivity contribution in [3.05, 3.63) is 42.4 Å². The minimum Gasteiger partial charge on any atom is -0.369 e. The normalized spacial score (nSPS) is 10.1. The van der Waals surface area contributed by atoms with E-state index in [4.69, 9.17) is 0 Å². The van der Waals surface area contributed by atoms with E-state index < -0.39 is 0 Å². The van der Waals surface area contributed by atoms with E-state index in [1.807, 2.05) is 37.4 Å². The fourth-order valence-electron chi connectivity index (χ4n) is 1.65. The van der Waals surface area contributed by atoms with Crippen molar-refractivity contribution in [2.24, 2.45) is 0 Å². The zero-order chi connectivity index (χ0) is 14.4. The van der Waals surface area contributed by atoms with Gasteiger partial charge < -0.3 is 10.6 Å². The number of para-hydroxylation sites is 1. The molecule has 0 spiro atoms. The van der Waals surface area contributed by atoms with E-state index in [2.05, 4.69) is 20.6 Å². The first-order valence-electron chi connectivity index (χ1n) is 6.25. The quantitative estimate of drug-likeness (QED) is 0.828. The number of hydrogen-bond acceptors (Lipinski definition) is 5. The summed E-state index contributed by atoms with van der Waals surface area (Å²) in [5.74, 6) is 0.399. The lowest BCUT2D eigenvalue weighted by molar-refractivity contribution is 0.102. The Balaban J connectivity index is 2.11. The number of hydrogen-bond donors (Lipinski definition) is 2. The molecule has 0 bridgehead atoms. The molecular weight excluding hydrogens is 272 g/mol. The fourth-order valence-corrected chi connectivity index (χ4v) is 2.21. The molecule has 0 aliphatic heterocycles. The summed E-state index contributed by atoms with van der Waals surface area (Å²) in [5, 5.41) is 5.88. The van der Waals surface area contributed by atoms with Crippen LogP contribution in [-0.4, -0.2) is 28.7 Å². The number of thioether (sulfide) groups is 1. The number of carbonyl (C=O) groups excluding carboxylic acids is 1. The van der Waals surface area contributed by atoms with Crippen LogP contribution >= 0.6 is 11.8 Å². The van der Waals surface area contributed by atoms with Crippen molar-refractivity contribution in [1.82, 2.24) is 9.97 Å². The summed E-state index contributed by atoms with van der Waals surface area (Å²) in [6.45, 7) is 2.74. The zero-order valence-electron chi connectivity index (χ0n) is 11.4. The van der Waals surface area contributed by atoms with Gasteiger partial charge in [0.1, 0.15) is 11.5 Å². The number of carbonyl (C=O) groups is 1. The molecule has 0 atom stereocenters. The van der Waals surface area contributed by atoms with Crippen LogP contribution < -0.4 is 10.6 Å². The molecule has 0 fully saturated rings. The zero-order valence-corrected chi connectivity index (χ0v) is 12.2. The lowest BCUT2D eigenvalue weighted by Crippen LogP contribution is -2.15. The maximum atomic E-state index is 12.1. The summed E-state index contributed by atoms with van der Waals surface area (Å²) in [6, 6.07) is 7.65. The molecule has 1 amide bonds. The van der Waals surface area contributed by atoms with Gasteiger partial charge in [0.15, 0.2) is 0 Å². The van der Waals surface area contributed by atoms with Gasteiger partial charge in [-0.3, -0.25) is 4.79 Å². The molecule has 5 nitrogen and oxygen atoms in total. The van der Waals surface area contributed by atoms with Gasteiger partial charge in [-0.1, -0.05) is 12.1 Å². The largest absolute Gasteiger partial charge is 0.369 e. The number of nitrogens with one attached hydrogen (secondary N) is 2. The predicted octanol–water partition coefficient (Wildman–Crippen LogP) is 2.88. The monoisotopic (exact) mass is 288 g/mol. The van der Waals surface area contributed by atoms with Crippen LogP contribution in [0.2, 0.25) is 0 Å². The van der Waals surface area contributed by atoms with Crippen molar-refractivity contribution in [1.29, 1.82) is 0 Å². The number of anilines is 2. The van der Waals surface area contributed by atoms with Gasteiger partial charge in [-0.2, -0.15) is 0 Å². The summed E-state index contributed by atoms with van der Waals surface area (Å²) in [6.07, 6.45) is 4.99. The van der Waals surface area contributed by atoms with E-state index in [1.165, 1.54) is 6.20 Å². The van der Waals surface area contributed by atoms with Gasteiger partial charge in [-0.05, 0) is 25.3 Å². The molecule has 104 valence electrons. The third-order valence-corrected chi connectivity index (χ3v) is 3.39. The third kappa shape index (κ3) is 3.48. The van der Waals surface area contributed by atoms with Crippen LogP contribution in [0.5, 0.6) is 0 Å². The van der Waals surface area contributed by atoms with E-state index in [0.717, 1.165) is 17.1 Å². The Morgan fingerprint density at radius 1 is 1.25 bits per heavy atom. The van der Waals surface area contributed by atoms with Crippen molar-refractivity contribution in [3.63, 3.8) is 0 Å². The summed E-state index contributed by atoms with van der Waals surface area (Å²) in [5.41, 5.74) is 1.07. The predicted molar refractivity (Wildman–Crippen MR) is 82.4 cm³/mol. The van der Waals surface area contributed by atoms with Gasteiger partial charge in [0.2, 0.25) is 0 Å². The van der Waals surface area contributed by atoms with Crippen LogP contribution in [-0.2, 0) is 0 Å². The Morgan fingerprint density at radius 3 is 2.70 bits per heavy atom. The minimum absolute atomic E-state index is 0.262. The molecule has 1 aromatic heterocycles. The highest BCUT2D eigenvalue weighted by molar-refractivity contribution is 7.98. The fraction of sp³-hybridized carbons (Fsp3) is 0.214. The average molecular weight is 288 g/mol. The van der Waals surface area contributed by atoms with Gasteiger partial charge in [0.25, 0.3) is 5.91 Å². The van der Waals surface area contributed by atoms with Crippen molar-refractivity contribution >= 4 is 29.2 Å². The molecule has 0 saturated carbocycles. The van der Waals surface area contributed by atoms with Crippen molar-refractivity contribution in [2.45, 2.75) is 11.8 Å². The molecular formula is C14H16N4OS. The molecule has 2 aromatic rings. The summed E-state index contributed by atoms with van der Waals surface area (Å²) in [4.78, 5) is 21.4. The van der Waals surface area contributed by atoms with E-state index >= 15 is 0 Å². The molecule has 2 N–H and O–H groups in total. The van der Waals surface area contributed by atoms with Crippen LogP contribution in [0.1, 0.15) is 17.4 Å². The topological polar surface area (TPSA) is 66.9 Å². The first-order chi connectivity index (χ1) is 9.74. The second-order valence-electron chi connectivity index (χ2n) is 3.97. The molecule has 0 aliphatic rings. The molecule has 20 heavy (non-hydrogen) atoms. The molecule has 0 unspecified atom stereocenters. The molecule has 0 saturated heterocycles. The van der Waals surface area contributed by atoms with E-state index in [1.54, 1.807) is 18.0 Å². The van der Waals surface area contributed by atoms with E-state index in [0.29, 0.717) is 11.5 Å². The van der Waals surface area contributed by atoms with Crippen molar-refractivity contribution in [3.8, 4) is 0 Å². The molecule has 1 heterocycles. The van der Waals surface area contributed by atoms with Crippen LogP contribution in [0.4, 0.5) is 11.5 Å². The second-order valence-corrected chi connectivity index (χ2v) is 4.82. The highest BCUT2D eigenvalue weighted by Crippen LogP contribution is 2.24. The highest BCUT2D eigenvalue weighted by atomic mass is 32.2. The van der Waals surface area contributed by atoms with E-state index in [-0.39, 0.29) is 5.91 Å². The Kier molecular flexibility index (Phi) is 4.95. The number of nitrogens with zero attached hydrogens (tertiary/aromatic N) is 2. The maximum Gasteiger partial charge on any atom is 0.275 e. The van der Waals surface area contributed by atoms with Crippen LogP contribution in [0.3, 0.4) is 0 Å². The molecule has 2 rings (SSSR count). The summed E-state index contributed by atoms with van der Waals surface area (Å²) in [7, 11) is 0. The number of benzene rings is 1. The second kappa shape index (κ2) is 6.91. The Bertz CT molecular complexity index is 586. The molecule has 0 radical (unpaired) electrons. The summed E-state index contributed by atoms with van der Waals surface area (Å²) < 4.78 is 0. The Labute approximate surface area is 122 Å². The van der Waals surface area contributed by atoms with Crippen LogP contribution in [0.15, 0.2) is 41.6 Å². The molecule has 0 aliphatic carbocycles. The Morgan fingerprint density at radius 2 is 2.05 bits per heavy atom. The van der Waals surface area contributed by atoms with Gasteiger partial charge in [0, 0.05) is 11.4 Å². The van der Waals surface area contributed by atoms with Crippen LogP contribution in [0, 0.1) is 0 Å². The minimum atomic E-state index is -0.262. The Hall–Kier alpha value is -2.08. The first-order valence-corrected chi connectivity index (χ1v) is 7.47.